The summed E-state index contributed by atoms with van der Waals surface area (Å²) in [5, 5.41) is 9.78. The summed E-state index contributed by atoms with van der Waals surface area (Å²) in [6.07, 6.45) is 2.23. The second-order valence-corrected chi connectivity index (χ2v) is 5.43. The Labute approximate surface area is 117 Å². The van der Waals surface area contributed by atoms with Gasteiger partial charge >= 0.3 is 0 Å². The fraction of sp³-hybridized carbons (Fsp3) is 0.333. The van der Waals surface area contributed by atoms with Crippen molar-refractivity contribution in [2.45, 2.75) is 32.6 Å². The average molecular weight is 270 g/mol. The van der Waals surface area contributed by atoms with Gasteiger partial charge in [0.15, 0.2) is 5.69 Å². The van der Waals surface area contributed by atoms with E-state index in [0.29, 0.717) is 11.6 Å². The molecule has 3 rings (SSSR count). The highest BCUT2D eigenvalue weighted by molar-refractivity contribution is 6.06. The molecule has 2 aromatic rings. The Morgan fingerprint density at radius 1 is 1.35 bits per heavy atom. The highest BCUT2D eigenvalue weighted by atomic mass is 16.2. The molecule has 0 atom stereocenters. The summed E-state index contributed by atoms with van der Waals surface area (Å²) in [5.41, 5.74) is 10.7. The van der Waals surface area contributed by atoms with E-state index in [2.05, 4.69) is 15.5 Å². The number of nitrogen functional groups attached to an aromatic ring is 1. The Morgan fingerprint density at radius 3 is 2.75 bits per heavy atom. The number of aromatic amines is 1. The molecule has 1 fully saturated rings. The molecule has 1 saturated carbocycles. The lowest BCUT2D eigenvalue weighted by atomic mass is 10.1. The summed E-state index contributed by atoms with van der Waals surface area (Å²) in [6, 6.07) is 5.80. The number of hydrogen-bond acceptors (Lipinski definition) is 3. The molecular formula is C15H18N4O. The molecule has 1 amide bonds. The van der Waals surface area contributed by atoms with Crippen molar-refractivity contribution in [3.8, 4) is 0 Å². The normalized spacial score (nSPS) is 14.3. The summed E-state index contributed by atoms with van der Waals surface area (Å²) >= 11 is 0. The van der Waals surface area contributed by atoms with Crippen molar-refractivity contribution >= 4 is 17.3 Å². The molecule has 4 N–H and O–H groups in total. The average Bonchev–Trinajstić information content (AvgIpc) is 3.17. The van der Waals surface area contributed by atoms with Crippen molar-refractivity contribution in [2.24, 2.45) is 0 Å². The highest BCUT2D eigenvalue weighted by Crippen LogP contribution is 2.42. The number of rotatable bonds is 3. The first kappa shape index (κ1) is 12.7. The zero-order chi connectivity index (χ0) is 14.3. The number of H-pyrrole nitrogens is 1. The molecule has 0 saturated heterocycles. The SMILES string of the molecule is Cc1ccc(NC(=O)c2n[nH]c(C3CC3)c2N)cc1C. The molecule has 5 heteroatoms. The maximum Gasteiger partial charge on any atom is 0.278 e. The van der Waals surface area contributed by atoms with Crippen LogP contribution in [-0.4, -0.2) is 16.1 Å². The molecule has 20 heavy (non-hydrogen) atoms. The van der Waals surface area contributed by atoms with Crippen molar-refractivity contribution in [3.05, 3.63) is 40.7 Å². The van der Waals surface area contributed by atoms with Crippen LogP contribution in [0.5, 0.6) is 0 Å². The number of anilines is 2. The van der Waals surface area contributed by atoms with Crippen molar-refractivity contribution in [1.29, 1.82) is 0 Å². The quantitative estimate of drug-likeness (QED) is 0.801. The minimum atomic E-state index is -0.270. The molecule has 5 nitrogen and oxygen atoms in total. The number of nitrogens with one attached hydrogen (secondary N) is 2. The first-order chi connectivity index (χ1) is 9.56. The number of amides is 1. The third-order valence-electron chi connectivity index (χ3n) is 3.80. The topological polar surface area (TPSA) is 83.8 Å². The van der Waals surface area contributed by atoms with Gasteiger partial charge in [0.25, 0.3) is 5.91 Å². The van der Waals surface area contributed by atoms with Crippen LogP contribution in [0.3, 0.4) is 0 Å². The predicted molar refractivity (Wildman–Crippen MR) is 78.8 cm³/mol. The molecule has 1 aromatic carbocycles. The molecule has 0 aliphatic heterocycles. The van der Waals surface area contributed by atoms with Crippen LogP contribution in [0.15, 0.2) is 18.2 Å². The van der Waals surface area contributed by atoms with Crippen LogP contribution < -0.4 is 11.1 Å². The lowest BCUT2D eigenvalue weighted by Crippen LogP contribution is -2.14. The van der Waals surface area contributed by atoms with Gasteiger partial charge in [0.1, 0.15) is 0 Å². The molecule has 0 unspecified atom stereocenters. The molecule has 1 heterocycles. The summed E-state index contributed by atoms with van der Waals surface area (Å²) in [5.74, 6) is 0.180. The van der Waals surface area contributed by atoms with Gasteiger partial charge in [-0.3, -0.25) is 9.89 Å². The van der Waals surface area contributed by atoms with Crippen LogP contribution >= 0.6 is 0 Å². The van der Waals surface area contributed by atoms with Gasteiger partial charge in [-0.2, -0.15) is 5.10 Å². The van der Waals surface area contributed by atoms with E-state index in [4.69, 9.17) is 5.73 Å². The van der Waals surface area contributed by atoms with E-state index in [-0.39, 0.29) is 11.6 Å². The lowest BCUT2D eigenvalue weighted by Gasteiger charge is -2.06. The van der Waals surface area contributed by atoms with Gasteiger partial charge in [0.05, 0.1) is 11.4 Å². The molecule has 0 spiro atoms. The third-order valence-corrected chi connectivity index (χ3v) is 3.80. The van der Waals surface area contributed by atoms with Crippen LogP contribution in [0.25, 0.3) is 0 Å². The van der Waals surface area contributed by atoms with Crippen molar-refractivity contribution < 1.29 is 4.79 Å². The first-order valence-electron chi connectivity index (χ1n) is 6.78. The van der Waals surface area contributed by atoms with E-state index in [0.717, 1.165) is 29.8 Å². The van der Waals surface area contributed by atoms with E-state index in [1.54, 1.807) is 0 Å². The second-order valence-electron chi connectivity index (χ2n) is 5.43. The van der Waals surface area contributed by atoms with Crippen molar-refractivity contribution in [2.75, 3.05) is 11.1 Å². The van der Waals surface area contributed by atoms with Crippen molar-refractivity contribution in [3.63, 3.8) is 0 Å². The Kier molecular flexibility index (Phi) is 2.97. The number of aromatic nitrogens is 2. The highest BCUT2D eigenvalue weighted by Gasteiger charge is 2.30. The fourth-order valence-corrected chi connectivity index (χ4v) is 2.23. The Bertz CT molecular complexity index is 671. The smallest absolute Gasteiger partial charge is 0.278 e. The van der Waals surface area contributed by atoms with Gasteiger partial charge in [0, 0.05) is 11.6 Å². The van der Waals surface area contributed by atoms with Gasteiger partial charge in [-0.1, -0.05) is 6.07 Å². The van der Waals surface area contributed by atoms with Crippen LogP contribution in [0, 0.1) is 13.8 Å². The predicted octanol–water partition coefficient (Wildman–Crippen LogP) is 2.74. The number of aryl methyl sites for hydroxylation is 2. The molecule has 1 aliphatic rings. The second kappa shape index (κ2) is 4.67. The van der Waals surface area contributed by atoms with Crippen LogP contribution in [0.2, 0.25) is 0 Å². The van der Waals surface area contributed by atoms with E-state index in [1.165, 1.54) is 5.56 Å². The minimum absolute atomic E-state index is 0.270. The van der Waals surface area contributed by atoms with E-state index in [1.807, 2.05) is 32.0 Å². The molecule has 1 aliphatic carbocycles. The standard InChI is InChI=1S/C15H18N4O/c1-8-3-6-11(7-9(8)2)17-15(20)14-12(16)13(18-19-14)10-4-5-10/h3,6-7,10H,4-5,16H2,1-2H3,(H,17,20)(H,18,19). The third kappa shape index (κ3) is 2.27. The van der Waals surface area contributed by atoms with Gasteiger partial charge in [0.2, 0.25) is 0 Å². The molecular weight excluding hydrogens is 252 g/mol. The Balaban J connectivity index is 1.80. The lowest BCUT2D eigenvalue weighted by molar-refractivity contribution is 0.102. The maximum absolute atomic E-state index is 12.2. The largest absolute Gasteiger partial charge is 0.395 e. The number of nitrogens with two attached hydrogens (primary N) is 1. The Morgan fingerprint density at radius 2 is 2.10 bits per heavy atom. The zero-order valence-electron chi connectivity index (χ0n) is 11.7. The van der Waals surface area contributed by atoms with Crippen LogP contribution in [-0.2, 0) is 0 Å². The van der Waals surface area contributed by atoms with Crippen LogP contribution in [0.4, 0.5) is 11.4 Å². The number of nitrogens with zero attached hydrogens (tertiary/aromatic N) is 1. The van der Waals surface area contributed by atoms with E-state index < -0.39 is 0 Å². The summed E-state index contributed by atoms with van der Waals surface area (Å²) in [7, 11) is 0. The monoisotopic (exact) mass is 270 g/mol. The van der Waals surface area contributed by atoms with Gasteiger partial charge < -0.3 is 11.1 Å². The molecule has 1 aromatic heterocycles. The molecule has 0 bridgehead atoms. The van der Waals surface area contributed by atoms with Gasteiger partial charge in [-0.25, -0.2) is 0 Å². The number of carbonyl (C=O) groups excluding carboxylic acids is 1. The number of carbonyl (C=O) groups is 1. The van der Waals surface area contributed by atoms with Crippen molar-refractivity contribution in [1.82, 2.24) is 10.2 Å². The fourth-order valence-electron chi connectivity index (χ4n) is 2.23. The summed E-state index contributed by atoms with van der Waals surface area (Å²) in [4.78, 5) is 12.2. The summed E-state index contributed by atoms with van der Waals surface area (Å²) < 4.78 is 0. The minimum Gasteiger partial charge on any atom is -0.395 e. The van der Waals surface area contributed by atoms with Gasteiger partial charge in [-0.15, -0.1) is 0 Å². The summed E-state index contributed by atoms with van der Waals surface area (Å²) in [6.45, 7) is 4.05. The van der Waals surface area contributed by atoms with E-state index in [9.17, 15) is 4.79 Å². The zero-order valence-corrected chi connectivity index (χ0v) is 11.7. The first-order valence-corrected chi connectivity index (χ1v) is 6.78. The number of hydrogen-bond donors (Lipinski definition) is 3. The maximum atomic E-state index is 12.2. The molecule has 104 valence electrons. The Hall–Kier alpha value is -2.30. The van der Waals surface area contributed by atoms with Gasteiger partial charge in [-0.05, 0) is 49.9 Å². The number of benzene rings is 1. The molecule has 0 radical (unpaired) electrons. The van der Waals surface area contributed by atoms with E-state index >= 15 is 0 Å². The van der Waals surface area contributed by atoms with Crippen LogP contribution in [0.1, 0.15) is 46.1 Å².